The van der Waals surface area contributed by atoms with Crippen LogP contribution in [-0.2, 0) is 20.2 Å². The van der Waals surface area contributed by atoms with Crippen molar-refractivity contribution >= 4 is 18.7 Å². The van der Waals surface area contributed by atoms with Gasteiger partial charge in [0.2, 0.25) is 0 Å². The minimum absolute atomic E-state index is 0.0169. The number of hydrogen-bond acceptors (Lipinski definition) is 6. The zero-order chi connectivity index (χ0) is 19.0. The number of non-ortho nitro benzene ring substituents is 1. The summed E-state index contributed by atoms with van der Waals surface area (Å²) in [4.78, 5) is 14.9. The average molecular weight is 376 g/mol. The minimum atomic E-state index is -3.60. The van der Waals surface area contributed by atoms with E-state index in [0.29, 0.717) is 11.1 Å². The van der Waals surface area contributed by atoms with Crippen molar-refractivity contribution in [3.05, 3.63) is 75.8 Å². The van der Waals surface area contributed by atoms with Crippen molar-refractivity contribution in [2.24, 2.45) is 4.99 Å². The van der Waals surface area contributed by atoms with E-state index >= 15 is 0 Å². The van der Waals surface area contributed by atoms with Crippen molar-refractivity contribution in [2.75, 3.05) is 13.2 Å². The van der Waals surface area contributed by atoms with Gasteiger partial charge in [-0.05, 0) is 19.4 Å². The van der Waals surface area contributed by atoms with Crippen molar-refractivity contribution in [1.29, 1.82) is 0 Å². The largest absolute Gasteiger partial charge is 0.379 e. The van der Waals surface area contributed by atoms with E-state index in [0.717, 1.165) is 0 Å². The average Bonchev–Trinajstić information content (AvgIpc) is 2.63. The maximum atomic E-state index is 13.2. The van der Waals surface area contributed by atoms with Gasteiger partial charge in [0.1, 0.15) is 0 Å². The fraction of sp³-hybridized carbons (Fsp3) is 0.278. The highest BCUT2D eigenvalue weighted by atomic mass is 31.2. The highest BCUT2D eigenvalue weighted by Gasteiger charge is 2.32. The first kappa shape index (κ1) is 20.0. The third-order valence-corrected chi connectivity index (χ3v) is 5.54. The van der Waals surface area contributed by atoms with Crippen LogP contribution in [0.4, 0.5) is 5.69 Å². The Morgan fingerprint density at radius 3 is 2.31 bits per heavy atom. The number of benzene rings is 2. The molecule has 0 atom stereocenters. The molecule has 0 aromatic heterocycles. The fourth-order valence-electron chi connectivity index (χ4n) is 2.36. The highest BCUT2D eigenvalue weighted by molar-refractivity contribution is 7.73. The molecular weight excluding hydrogens is 355 g/mol. The van der Waals surface area contributed by atoms with Crippen LogP contribution in [0.5, 0.6) is 0 Å². The molecule has 2 aromatic carbocycles. The second-order valence-electron chi connectivity index (χ2n) is 5.27. The van der Waals surface area contributed by atoms with Crippen LogP contribution < -0.4 is 0 Å². The van der Waals surface area contributed by atoms with Gasteiger partial charge in [-0.1, -0.05) is 42.5 Å². The van der Waals surface area contributed by atoms with E-state index in [1.165, 1.54) is 12.1 Å². The van der Waals surface area contributed by atoms with E-state index in [1.807, 2.05) is 6.07 Å². The maximum absolute atomic E-state index is 13.2. The number of rotatable bonds is 9. The van der Waals surface area contributed by atoms with E-state index in [1.54, 1.807) is 50.2 Å². The number of nitrogens with zero attached hydrogens (tertiary/aromatic N) is 2. The Morgan fingerprint density at radius 1 is 1.08 bits per heavy atom. The Kier molecular flexibility index (Phi) is 7.21. The van der Waals surface area contributed by atoms with Crippen LogP contribution in [0.25, 0.3) is 0 Å². The molecule has 0 fully saturated rings. The topological polar surface area (TPSA) is 91.0 Å². The van der Waals surface area contributed by atoms with Gasteiger partial charge < -0.3 is 9.05 Å². The summed E-state index contributed by atoms with van der Waals surface area (Å²) in [6.07, 6.45) is 0. The molecule has 0 spiro atoms. The van der Waals surface area contributed by atoms with Crippen LogP contribution in [0.2, 0.25) is 0 Å². The third-order valence-electron chi connectivity index (χ3n) is 3.42. The first-order valence-corrected chi connectivity index (χ1v) is 9.77. The standard InChI is InChI=1S/C18H21N2O5P/c1-3-24-26(23,25-4-2)18(16-10-6-5-7-11-16)19-14-15-9-8-12-17(13-15)20(21)22/h5-13H,3-4,14H2,1-2H3. The Balaban J connectivity index is 2.43. The maximum Gasteiger partial charge on any atom is 0.379 e. The van der Waals surface area contributed by atoms with Crippen molar-refractivity contribution in [2.45, 2.75) is 20.4 Å². The second kappa shape index (κ2) is 9.38. The monoisotopic (exact) mass is 376 g/mol. The summed E-state index contributed by atoms with van der Waals surface area (Å²) >= 11 is 0. The minimum Gasteiger partial charge on any atom is -0.304 e. The van der Waals surface area contributed by atoms with Crippen molar-refractivity contribution in [1.82, 2.24) is 0 Å². The van der Waals surface area contributed by atoms with Gasteiger partial charge in [0.15, 0.2) is 5.45 Å². The molecule has 0 amide bonds. The van der Waals surface area contributed by atoms with Gasteiger partial charge in [0, 0.05) is 17.7 Å². The summed E-state index contributed by atoms with van der Waals surface area (Å²) in [5.41, 5.74) is 1.46. The van der Waals surface area contributed by atoms with Gasteiger partial charge in [0.05, 0.1) is 24.7 Å². The number of hydrogen-bond donors (Lipinski definition) is 0. The van der Waals surface area contributed by atoms with Gasteiger partial charge in [-0.25, -0.2) is 0 Å². The van der Waals surface area contributed by atoms with Gasteiger partial charge >= 0.3 is 7.60 Å². The lowest BCUT2D eigenvalue weighted by Crippen LogP contribution is -2.09. The van der Waals surface area contributed by atoms with Gasteiger partial charge in [0.25, 0.3) is 5.69 Å². The van der Waals surface area contributed by atoms with Crippen LogP contribution in [0, 0.1) is 10.1 Å². The molecule has 7 nitrogen and oxygen atoms in total. The number of nitro groups is 1. The Morgan fingerprint density at radius 2 is 1.73 bits per heavy atom. The summed E-state index contributed by atoms with van der Waals surface area (Å²) in [5, 5.41) is 10.9. The predicted molar refractivity (Wildman–Crippen MR) is 101 cm³/mol. The first-order valence-electron chi connectivity index (χ1n) is 8.23. The lowest BCUT2D eigenvalue weighted by atomic mass is 10.2. The van der Waals surface area contributed by atoms with Gasteiger partial charge in [-0.15, -0.1) is 0 Å². The molecule has 0 bridgehead atoms. The summed E-state index contributed by atoms with van der Waals surface area (Å²) in [5.74, 6) is 0. The van der Waals surface area contributed by atoms with Crippen LogP contribution >= 0.6 is 7.60 Å². The zero-order valence-electron chi connectivity index (χ0n) is 14.7. The number of nitro benzene ring substituents is 1. The number of aliphatic imine (C=N–C) groups is 1. The van der Waals surface area contributed by atoms with Gasteiger partial charge in [-0.3, -0.25) is 19.7 Å². The van der Waals surface area contributed by atoms with Crippen LogP contribution in [0.3, 0.4) is 0 Å². The zero-order valence-corrected chi connectivity index (χ0v) is 15.6. The predicted octanol–water partition coefficient (Wildman–Crippen LogP) is 4.81. The van der Waals surface area contributed by atoms with Crippen molar-refractivity contribution in [3.63, 3.8) is 0 Å². The summed E-state index contributed by atoms with van der Waals surface area (Å²) in [6.45, 7) is 4.00. The van der Waals surface area contributed by atoms with Gasteiger partial charge in [-0.2, -0.15) is 0 Å². The first-order chi connectivity index (χ1) is 12.5. The third kappa shape index (κ3) is 5.08. The molecule has 0 saturated carbocycles. The second-order valence-corrected chi connectivity index (χ2v) is 7.20. The molecule has 0 unspecified atom stereocenters. The van der Waals surface area contributed by atoms with Crippen LogP contribution in [-0.4, -0.2) is 23.6 Å². The smallest absolute Gasteiger partial charge is 0.304 e. The Hall–Kier alpha value is -2.34. The molecular formula is C18H21N2O5P. The summed E-state index contributed by atoms with van der Waals surface area (Å²) < 4.78 is 24.1. The molecule has 0 aliphatic heterocycles. The molecule has 0 radical (unpaired) electrons. The van der Waals surface area contributed by atoms with Crippen molar-refractivity contribution < 1.29 is 18.5 Å². The molecule has 0 heterocycles. The Labute approximate surface area is 152 Å². The van der Waals surface area contributed by atoms with E-state index in [4.69, 9.17) is 9.05 Å². The lowest BCUT2D eigenvalue weighted by Gasteiger charge is -2.19. The Bertz CT molecular complexity index is 813. The van der Waals surface area contributed by atoms with E-state index < -0.39 is 12.5 Å². The normalized spacial score (nSPS) is 12.2. The molecule has 26 heavy (non-hydrogen) atoms. The SMILES string of the molecule is CCOP(=O)(OCC)C(=NCc1cccc([N+](=O)[O-])c1)c1ccccc1. The van der Waals surface area contributed by atoms with E-state index in [-0.39, 0.29) is 30.9 Å². The van der Waals surface area contributed by atoms with Crippen LogP contribution in [0.1, 0.15) is 25.0 Å². The summed E-state index contributed by atoms with van der Waals surface area (Å²) in [7, 11) is -3.60. The molecule has 0 aliphatic carbocycles. The highest BCUT2D eigenvalue weighted by Crippen LogP contribution is 2.51. The fourth-order valence-corrected chi connectivity index (χ4v) is 4.07. The van der Waals surface area contributed by atoms with E-state index in [2.05, 4.69) is 4.99 Å². The summed E-state index contributed by atoms with van der Waals surface area (Å²) in [6, 6.07) is 15.2. The molecule has 0 N–H and O–H groups in total. The van der Waals surface area contributed by atoms with Crippen molar-refractivity contribution in [3.8, 4) is 0 Å². The molecule has 0 aliphatic rings. The lowest BCUT2D eigenvalue weighted by molar-refractivity contribution is -0.384. The molecule has 8 heteroatoms. The molecule has 0 saturated heterocycles. The molecule has 2 aromatic rings. The molecule has 2 rings (SSSR count). The van der Waals surface area contributed by atoms with E-state index in [9.17, 15) is 14.7 Å². The van der Waals surface area contributed by atoms with Crippen LogP contribution in [0.15, 0.2) is 59.6 Å². The molecule has 138 valence electrons. The quantitative estimate of drug-likeness (QED) is 0.271.